The third-order valence-electron chi connectivity index (χ3n) is 4.78. The maximum Gasteiger partial charge on any atom is 0.270 e. The molecule has 1 aliphatic rings. The van der Waals surface area contributed by atoms with E-state index in [1.807, 2.05) is 12.1 Å². The number of benzene rings is 1. The molecule has 1 aromatic carbocycles. The number of nitrogens with zero attached hydrogens (tertiary/aromatic N) is 2. The van der Waals surface area contributed by atoms with Crippen LogP contribution >= 0.6 is 0 Å². The normalized spacial score (nSPS) is 19.9. The fourth-order valence-corrected chi connectivity index (χ4v) is 3.41. The van der Waals surface area contributed by atoms with Gasteiger partial charge in [0.05, 0.1) is 24.3 Å². The molecule has 4 rings (SSSR count). The van der Waals surface area contributed by atoms with E-state index < -0.39 is 6.10 Å². The molecular formula is C20H20FN3O3. The number of carbonyl (C=O) groups is 1. The minimum absolute atomic E-state index is 0.211. The number of aromatic nitrogens is 2. The van der Waals surface area contributed by atoms with Crippen LogP contribution < -0.4 is 5.32 Å². The zero-order chi connectivity index (χ0) is 18.8. The first-order valence-electron chi connectivity index (χ1n) is 8.88. The maximum atomic E-state index is 13.5. The highest BCUT2D eigenvalue weighted by Crippen LogP contribution is 2.20. The van der Waals surface area contributed by atoms with Crippen molar-refractivity contribution < 1.29 is 19.0 Å². The first-order valence-corrected chi connectivity index (χ1v) is 8.88. The van der Waals surface area contributed by atoms with E-state index in [-0.39, 0.29) is 24.4 Å². The fraction of sp³-hybridized carbons (Fsp3) is 0.300. The lowest BCUT2D eigenvalue weighted by Crippen LogP contribution is -2.48. The molecule has 3 aromatic rings. The molecule has 1 saturated heterocycles. The number of ether oxygens (including phenoxy) is 1. The van der Waals surface area contributed by atoms with Gasteiger partial charge in [-0.3, -0.25) is 4.79 Å². The third kappa shape index (κ3) is 3.70. The molecule has 2 N–H and O–H groups in total. The summed E-state index contributed by atoms with van der Waals surface area (Å²) >= 11 is 0. The molecule has 2 aromatic heterocycles. The van der Waals surface area contributed by atoms with E-state index in [0.29, 0.717) is 25.1 Å². The van der Waals surface area contributed by atoms with E-state index in [1.165, 1.54) is 12.1 Å². The number of fused-ring (bicyclic) bond motifs is 1. The Morgan fingerprint density at radius 1 is 1.33 bits per heavy atom. The summed E-state index contributed by atoms with van der Waals surface area (Å²) in [5, 5.41) is 17.2. The van der Waals surface area contributed by atoms with Crippen LogP contribution in [-0.2, 0) is 11.2 Å². The number of aliphatic hydroxyl groups is 1. The Bertz CT molecular complexity index is 972. The summed E-state index contributed by atoms with van der Waals surface area (Å²) in [6.07, 6.45) is 1.92. The number of rotatable bonds is 4. The van der Waals surface area contributed by atoms with E-state index in [0.717, 1.165) is 16.6 Å². The van der Waals surface area contributed by atoms with Crippen LogP contribution in [0.3, 0.4) is 0 Å². The van der Waals surface area contributed by atoms with Gasteiger partial charge in [0.15, 0.2) is 0 Å². The largest absolute Gasteiger partial charge is 0.389 e. The Morgan fingerprint density at radius 2 is 2.22 bits per heavy atom. The molecule has 27 heavy (non-hydrogen) atoms. The molecule has 2 unspecified atom stereocenters. The smallest absolute Gasteiger partial charge is 0.270 e. The van der Waals surface area contributed by atoms with E-state index >= 15 is 0 Å². The van der Waals surface area contributed by atoms with Gasteiger partial charge in [0, 0.05) is 12.8 Å². The summed E-state index contributed by atoms with van der Waals surface area (Å²) in [4.78, 5) is 12.8. The lowest BCUT2D eigenvalue weighted by molar-refractivity contribution is -0.0261. The summed E-state index contributed by atoms with van der Waals surface area (Å²) in [5.41, 5.74) is 2.87. The van der Waals surface area contributed by atoms with Crippen molar-refractivity contribution in [3.05, 3.63) is 71.3 Å². The van der Waals surface area contributed by atoms with E-state index in [4.69, 9.17) is 4.74 Å². The van der Waals surface area contributed by atoms with E-state index in [1.54, 1.807) is 28.9 Å². The number of nitrogens with one attached hydrogen (secondary N) is 1. The van der Waals surface area contributed by atoms with Gasteiger partial charge in [-0.05, 0) is 54.3 Å². The number of halogens is 1. The molecule has 0 radical (unpaired) electrons. The molecule has 1 amide bonds. The van der Waals surface area contributed by atoms with Crippen molar-refractivity contribution in [3.63, 3.8) is 0 Å². The number of hydrogen-bond donors (Lipinski definition) is 2. The van der Waals surface area contributed by atoms with Gasteiger partial charge in [0.25, 0.3) is 5.91 Å². The van der Waals surface area contributed by atoms with E-state index in [2.05, 4.69) is 10.4 Å². The first kappa shape index (κ1) is 17.6. The quantitative estimate of drug-likeness (QED) is 0.737. The average Bonchev–Trinajstić information content (AvgIpc) is 3.02. The number of aliphatic hydroxyl groups excluding tert-OH is 1. The van der Waals surface area contributed by atoms with Gasteiger partial charge in [0.2, 0.25) is 0 Å². The minimum Gasteiger partial charge on any atom is -0.389 e. The molecule has 0 spiro atoms. The van der Waals surface area contributed by atoms with Gasteiger partial charge in [-0.1, -0.05) is 12.1 Å². The summed E-state index contributed by atoms with van der Waals surface area (Å²) in [6.45, 7) is 0.711. The summed E-state index contributed by atoms with van der Waals surface area (Å²) in [6, 6.07) is 11.5. The van der Waals surface area contributed by atoms with Crippen LogP contribution in [0.2, 0.25) is 0 Å². The van der Waals surface area contributed by atoms with Gasteiger partial charge >= 0.3 is 0 Å². The second-order valence-electron chi connectivity index (χ2n) is 6.69. The summed E-state index contributed by atoms with van der Waals surface area (Å²) in [7, 11) is 0. The van der Waals surface area contributed by atoms with Gasteiger partial charge in [-0.2, -0.15) is 5.10 Å². The highest BCUT2D eigenvalue weighted by Gasteiger charge is 2.27. The van der Waals surface area contributed by atoms with Crippen LogP contribution in [0.25, 0.3) is 5.52 Å². The van der Waals surface area contributed by atoms with Crippen molar-refractivity contribution in [1.29, 1.82) is 0 Å². The second-order valence-corrected chi connectivity index (χ2v) is 6.69. The minimum atomic E-state index is -0.728. The molecule has 0 aliphatic carbocycles. The van der Waals surface area contributed by atoms with Crippen LogP contribution in [-0.4, -0.2) is 46.0 Å². The van der Waals surface area contributed by atoms with Crippen LogP contribution in [0.1, 0.15) is 28.0 Å². The van der Waals surface area contributed by atoms with Crippen molar-refractivity contribution in [2.75, 3.05) is 13.2 Å². The molecule has 1 fully saturated rings. The molecule has 0 bridgehead atoms. The van der Waals surface area contributed by atoms with Crippen molar-refractivity contribution in [2.24, 2.45) is 0 Å². The molecule has 6 nitrogen and oxygen atoms in total. The zero-order valence-corrected chi connectivity index (χ0v) is 14.6. The van der Waals surface area contributed by atoms with Crippen molar-refractivity contribution in [1.82, 2.24) is 14.9 Å². The molecule has 1 aliphatic heterocycles. The third-order valence-corrected chi connectivity index (χ3v) is 4.78. The lowest BCUT2D eigenvalue weighted by Gasteiger charge is -2.28. The van der Waals surface area contributed by atoms with Gasteiger partial charge < -0.3 is 15.2 Å². The van der Waals surface area contributed by atoms with Crippen LogP contribution in [0.5, 0.6) is 0 Å². The molecule has 2 atom stereocenters. The first-order chi connectivity index (χ1) is 13.1. The van der Waals surface area contributed by atoms with Crippen molar-refractivity contribution >= 4 is 11.4 Å². The highest BCUT2D eigenvalue weighted by molar-refractivity contribution is 5.94. The predicted molar refractivity (Wildman–Crippen MR) is 97.1 cm³/mol. The predicted octanol–water partition coefficient (Wildman–Crippen LogP) is 1.94. The van der Waals surface area contributed by atoms with Crippen LogP contribution in [0.4, 0.5) is 4.39 Å². The number of hydrogen-bond acceptors (Lipinski definition) is 4. The Hall–Kier alpha value is -2.77. The summed E-state index contributed by atoms with van der Waals surface area (Å²) in [5.74, 6) is -0.597. The Balaban J connectivity index is 1.64. The van der Waals surface area contributed by atoms with Crippen molar-refractivity contribution in [3.8, 4) is 0 Å². The SMILES string of the molecule is O=C(NC1CCOCC1O)c1cc(Cc2cccc(F)c2)c2cccnn12. The Morgan fingerprint density at radius 3 is 3.04 bits per heavy atom. The number of amides is 1. The van der Waals surface area contributed by atoms with Gasteiger partial charge in [-0.15, -0.1) is 0 Å². The molecule has 0 saturated carbocycles. The molecule has 3 heterocycles. The fourth-order valence-electron chi connectivity index (χ4n) is 3.41. The number of carbonyl (C=O) groups excluding carboxylic acids is 1. The average molecular weight is 369 g/mol. The summed E-state index contributed by atoms with van der Waals surface area (Å²) < 4.78 is 20.3. The topological polar surface area (TPSA) is 75.9 Å². The van der Waals surface area contributed by atoms with Crippen LogP contribution in [0.15, 0.2) is 48.7 Å². The molecule has 7 heteroatoms. The second kappa shape index (κ2) is 7.46. The molecule has 140 valence electrons. The zero-order valence-electron chi connectivity index (χ0n) is 14.6. The molecular weight excluding hydrogens is 349 g/mol. The lowest BCUT2D eigenvalue weighted by atomic mass is 10.1. The Kier molecular flexibility index (Phi) is 4.87. The van der Waals surface area contributed by atoms with E-state index in [9.17, 15) is 14.3 Å². The maximum absolute atomic E-state index is 13.5. The standard InChI is InChI=1S/C20H20FN3O3/c21-15-4-1-3-13(10-15)9-14-11-18(24-17(14)5-2-7-22-24)20(26)23-16-6-8-27-12-19(16)25/h1-5,7,10-11,16,19,25H,6,8-9,12H2,(H,23,26). The highest BCUT2D eigenvalue weighted by atomic mass is 19.1. The van der Waals surface area contributed by atoms with Crippen molar-refractivity contribution in [2.45, 2.75) is 25.0 Å². The van der Waals surface area contributed by atoms with Gasteiger partial charge in [0.1, 0.15) is 11.5 Å². The van der Waals surface area contributed by atoms with Crippen LogP contribution in [0, 0.1) is 5.82 Å². The monoisotopic (exact) mass is 369 g/mol. The van der Waals surface area contributed by atoms with Gasteiger partial charge in [-0.25, -0.2) is 8.91 Å². The Labute approximate surface area is 155 Å².